The first-order valence-corrected chi connectivity index (χ1v) is 4.63. The molecule has 1 heterocycles. The molecule has 0 saturated carbocycles. The van der Waals surface area contributed by atoms with Crippen molar-refractivity contribution in [2.24, 2.45) is 5.73 Å². The maximum Gasteiger partial charge on any atom is 0.0862 e. The van der Waals surface area contributed by atoms with E-state index in [9.17, 15) is 0 Å². The van der Waals surface area contributed by atoms with Crippen LogP contribution in [0.4, 0.5) is 0 Å². The molecule has 3 N–H and O–H groups in total. The van der Waals surface area contributed by atoms with E-state index < -0.39 is 0 Å². The topological polar surface area (TPSA) is 51.0 Å². The molecule has 14 heavy (non-hydrogen) atoms. The van der Waals surface area contributed by atoms with Gasteiger partial charge in [0.1, 0.15) is 0 Å². The van der Waals surface area contributed by atoms with Crippen molar-refractivity contribution < 1.29 is 4.74 Å². The van der Waals surface area contributed by atoms with E-state index in [1.807, 2.05) is 6.07 Å². The van der Waals surface area contributed by atoms with E-state index in [4.69, 9.17) is 10.5 Å². The molecule has 1 aromatic heterocycles. The Kier molecular flexibility index (Phi) is 2.52. The van der Waals surface area contributed by atoms with E-state index in [0.717, 1.165) is 16.8 Å². The zero-order chi connectivity index (χ0) is 9.97. The van der Waals surface area contributed by atoms with Crippen molar-refractivity contribution in [1.29, 1.82) is 0 Å². The van der Waals surface area contributed by atoms with Gasteiger partial charge in [-0.05, 0) is 23.8 Å². The largest absolute Gasteiger partial charge is 0.378 e. The Bertz CT molecular complexity index is 434. The van der Waals surface area contributed by atoms with Crippen LogP contribution in [-0.2, 0) is 17.9 Å². The molecular formula is C11H14N2O. The molecule has 0 unspecified atom stereocenters. The molecule has 0 saturated heterocycles. The van der Waals surface area contributed by atoms with E-state index in [2.05, 4.69) is 23.2 Å². The second-order valence-corrected chi connectivity index (χ2v) is 3.35. The zero-order valence-electron chi connectivity index (χ0n) is 8.21. The Labute approximate surface area is 82.9 Å². The van der Waals surface area contributed by atoms with Crippen LogP contribution < -0.4 is 5.73 Å². The maximum absolute atomic E-state index is 5.57. The number of fused-ring (bicyclic) bond motifs is 1. The molecule has 0 aliphatic heterocycles. The third-order valence-electron chi connectivity index (χ3n) is 2.28. The summed E-state index contributed by atoms with van der Waals surface area (Å²) in [6, 6.07) is 8.29. The van der Waals surface area contributed by atoms with E-state index in [1.54, 1.807) is 7.11 Å². The summed E-state index contributed by atoms with van der Waals surface area (Å²) in [5, 5.41) is 1.19. The number of rotatable bonds is 3. The molecule has 0 bridgehead atoms. The lowest BCUT2D eigenvalue weighted by Crippen LogP contribution is -1.94. The third-order valence-corrected chi connectivity index (χ3v) is 2.28. The van der Waals surface area contributed by atoms with E-state index in [0.29, 0.717) is 13.2 Å². The predicted molar refractivity (Wildman–Crippen MR) is 56.9 cm³/mol. The van der Waals surface area contributed by atoms with Crippen LogP contribution >= 0.6 is 0 Å². The zero-order valence-corrected chi connectivity index (χ0v) is 8.21. The van der Waals surface area contributed by atoms with Gasteiger partial charge in [-0.2, -0.15) is 0 Å². The fourth-order valence-corrected chi connectivity index (χ4v) is 1.60. The molecule has 0 atom stereocenters. The van der Waals surface area contributed by atoms with Gasteiger partial charge >= 0.3 is 0 Å². The van der Waals surface area contributed by atoms with Crippen LogP contribution in [0.1, 0.15) is 11.3 Å². The minimum atomic E-state index is 0.584. The molecule has 0 aliphatic carbocycles. The van der Waals surface area contributed by atoms with Crippen LogP contribution in [-0.4, -0.2) is 12.1 Å². The van der Waals surface area contributed by atoms with Crippen molar-refractivity contribution in [2.75, 3.05) is 7.11 Å². The average Bonchev–Trinajstić information content (AvgIpc) is 2.59. The van der Waals surface area contributed by atoms with E-state index in [1.165, 1.54) is 5.39 Å². The first kappa shape index (κ1) is 9.24. The Morgan fingerprint density at radius 3 is 2.93 bits per heavy atom. The van der Waals surface area contributed by atoms with Crippen molar-refractivity contribution in [1.82, 2.24) is 4.98 Å². The Hall–Kier alpha value is -1.32. The number of H-pyrrole nitrogens is 1. The first-order valence-electron chi connectivity index (χ1n) is 4.63. The number of aromatic amines is 1. The second kappa shape index (κ2) is 3.82. The number of benzene rings is 1. The molecule has 0 spiro atoms. The number of aromatic nitrogens is 1. The molecule has 1 aromatic carbocycles. The Balaban J connectivity index is 2.43. The number of hydrogen-bond donors (Lipinski definition) is 2. The van der Waals surface area contributed by atoms with Crippen molar-refractivity contribution in [2.45, 2.75) is 13.2 Å². The molecule has 74 valence electrons. The molecule has 0 aliphatic rings. The van der Waals surface area contributed by atoms with Gasteiger partial charge in [0.25, 0.3) is 0 Å². The van der Waals surface area contributed by atoms with Crippen molar-refractivity contribution in [3.05, 3.63) is 35.5 Å². The summed E-state index contributed by atoms with van der Waals surface area (Å²) < 4.78 is 5.06. The number of hydrogen-bond acceptors (Lipinski definition) is 2. The minimum absolute atomic E-state index is 0.584. The van der Waals surface area contributed by atoms with Gasteiger partial charge < -0.3 is 15.5 Å². The van der Waals surface area contributed by atoms with Gasteiger partial charge in [0.2, 0.25) is 0 Å². The summed E-state index contributed by atoms with van der Waals surface area (Å²) >= 11 is 0. The van der Waals surface area contributed by atoms with Crippen molar-refractivity contribution in [3.63, 3.8) is 0 Å². The van der Waals surface area contributed by atoms with Gasteiger partial charge in [-0.1, -0.05) is 6.07 Å². The van der Waals surface area contributed by atoms with Gasteiger partial charge in [-0.15, -0.1) is 0 Å². The lowest BCUT2D eigenvalue weighted by molar-refractivity contribution is 0.182. The third kappa shape index (κ3) is 1.64. The lowest BCUT2D eigenvalue weighted by Gasteiger charge is -1.95. The van der Waals surface area contributed by atoms with Gasteiger partial charge in [0.05, 0.1) is 6.61 Å². The molecule has 3 nitrogen and oxygen atoms in total. The maximum atomic E-state index is 5.57. The molecule has 0 fully saturated rings. The van der Waals surface area contributed by atoms with Crippen LogP contribution in [0, 0.1) is 0 Å². The number of methoxy groups -OCH3 is 1. The molecule has 2 aromatic rings. The summed E-state index contributed by atoms with van der Waals surface area (Å²) in [4.78, 5) is 3.28. The van der Waals surface area contributed by atoms with Crippen LogP contribution in [0.2, 0.25) is 0 Å². The van der Waals surface area contributed by atoms with Crippen LogP contribution in [0.5, 0.6) is 0 Å². The highest BCUT2D eigenvalue weighted by Crippen LogP contribution is 2.17. The lowest BCUT2D eigenvalue weighted by atomic mass is 10.1. The van der Waals surface area contributed by atoms with Crippen LogP contribution in [0.3, 0.4) is 0 Å². The summed E-state index contributed by atoms with van der Waals surface area (Å²) in [6.07, 6.45) is 0. The molecule has 3 heteroatoms. The molecule has 2 rings (SSSR count). The smallest absolute Gasteiger partial charge is 0.0862 e. The quantitative estimate of drug-likeness (QED) is 0.775. The van der Waals surface area contributed by atoms with Gasteiger partial charge in [-0.25, -0.2) is 0 Å². The standard InChI is InChI=1S/C11H14N2O/c1-14-7-10-5-9-4-8(6-12)2-3-11(9)13-10/h2-5,13H,6-7,12H2,1H3. The van der Waals surface area contributed by atoms with Crippen LogP contribution in [0.25, 0.3) is 10.9 Å². The number of ether oxygens (including phenoxy) is 1. The minimum Gasteiger partial charge on any atom is -0.378 e. The average molecular weight is 190 g/mol. The normalized spacial score (nSPS) is 11.0. The molecular weight excluding hydrogens is 176 g/mol. The number of nitrogens with two attached hydrogens (primary N) is 1. The summed E-state index contributed by atoms with van der Waals surface area (Å²) in [5.74, 6) is 0. The number of nitrogens with one attached hydrogen (secondary N) is 1. The van der Waals surface area contributed by atoms with Gasteiger partial charge in [0, 0.05) is 30.3 Å². The summed E-state index contributed by atoms with van der Waals surface area (Å²) in [5.41, 5.74) is 8.95. The molecule has 0 radical (unpaired) electrons. The Morgan fingerprint density at radius 1 is 1.36 bits per heavy atom. The highest BCUT2D eigenvalue weighted by molar-refractivity contribution is 5.81. The summed E-state index contributed by atoms with van der Waals surface area (Å²) in [6.45, 7) is 1.20. The summed E-state index contributed by atoms with van der Waals surface area (Å²) in [7, 11) is 1.69. The first-order chi connectivity index (χ1) is 6.83. The fraction of sp³-hybridized carbons (Fsp3) is 0.273. The fourth-order valence-electron chi connectivity index (χ4n) is 1.60. The van der Waals surface area contributed by atoms with E-state index in [-0.39, 0.29) is 0 Å². The monoisotopic (exact) mass is 190 g/mol. The second-order valence-electron chi connectivity index (χ2n) is 3.35. The van der Waals surface area contributed by atoms with E-state index >= 15 is 0 Å². The van der Waals surface area contributed by atoms with Gasteiger partial charge in [-0.3, -0.25) is 0 Å². The van der Waals surface area contributed by atoms with Crippen LogP contribution in [0.15, 0.2) is 24.3 Å². The highest BCUT2D eigenvalue weighted by atomic mass is 16.5. The molecule has 0 amide bonds. The highest BCUT2D eigenvalue weighted by Gasteiger charge is 2.00. The van der Waals surface area contributed by atoms with Gasteiger partial charge in [0.15, 0.2) is 0 Å². The van der Waals surface area contributed by atoms with Crippen molar-refractivity contribution in [3.8, 4) is 0 Å². The Morgan fingerprint density at radius 2 is 2.21 bits per heavy atom. The SMILES string of the molecule is COCc1cc2cc(CN)ccc2[nH]1. The predicted octanol–water partition coefficient (Wildman–Crippen LogP) is 1.77. The van der Waals surface area contributed by atoms with Crippen molar-refractivity contribution >= 4 is 10.9 Å².